The van der Waals surface area contributed by atoms with Gasteiger partial charge in [0.05, 0.1) is 0 Å². The SMILES string of the molecule is C=CCCCCC(N)(C(=O)O)C(=O)OC(C)(C)C. The van der Waals surface area contributed by atoms with Gasteiger partial charge in [0.1, 0.15) is 5.60 Å². The van der Waals surface area contributed by atoms with Crippen LogP contribution in [0.1, 0.15) is 46.5 Å². The van der Waals surface area contributed by atoms with Crippen LogP contribution < -0.4 is 5.73 Å². The van der Waals surface area contributed by atoms with Gasteiger partial charge in [-0.2, -0.15) is 0 Å². The summed E-state index contributed by atoms with van der Waals surface area (Å²) in [6.07, 6.45) is 3.86. The summed E-state index contributed by atoms with van der Waals surface area (Å²) in [4.78, 5) is 23.0. The van der Waals surface area contributed by atoms with Crippen LogP contribution >= 0.6 is 0 Å². The Kier molecular flexibility index (Phi) is 6.05. The summed E-state index contributed by atoms with van der Waals surface area (Å²) in [5.74, 6) is -2.24. The second kappa shape index (κ2) is 6.54. The molecule has 5 heteroatoms. The maximum atomic E-state index is 11.8. The fraction of sp³-hybridized carbons (Fsp3) is 0.692. The lowest BCUT2D eigenvalue weighted by atomic mass is 9.93. The van der Waals surface area contributed by atoms with Crippen molar-refractivity contribution in [3.05, 3.63) is 12.7 Å². The average molecular weight is 257 g/mol. The molecular weight excluding hydrogens is 234 g/mol. The van der Waals surface area contributed by atoms with Crippen molar-refractivity contribution < 1.29 is 19.4 Å². The Balaban J connectivity index is 4.65. The summed E-state index contributed by atoms with van der Waals surface area (Å²) in [6, 6.07) is 0. The van der Waals surface area contributed by atoms with Gasteiger partial charge in [-0.3, -0.25) is 0 Å². The van der Waals surface area contributed by atoms with Crippen molar-refractivity contribution in [2.24, 2.45) is 5.73 Å². The third-order valence-electron chi connectivity index (χ3n) is 2.37. The van der Waals surface area contributed by atoms with Crippen LogP contribution in [-0.4, -0.2) is 28.2 Å². The molecule has 18 heavy (non-hydrogen) atoms. The summed E-state index contributed by atoms with van der Waals surface area (Å²) in [7, 11) is 0. The number of carbonyl (C=O) groups is 2. The molecule has 0 saturated heterocycles. The number of allylic oxidation sites excluding steroid dienone is 1. The van der Waals surface area contributed by atoms with Gasteiger partial charge in [0.25, 0.3) is 0 Å². The molecule has 0 radical (unpaired) electrons. The molecule has 0 rings (SSSR count). The molecule has 5 nitrogen and oxygen atoms in total. The predicted molar refractivity (Wildman–Crippen MR) is 69.1 cm³/mol. The van der Waals surface area contributed by atoms with Gasteiger partial charge in [-0.1, -0.05) is 12.5 Å². The van der Waals surface area contributed by atoms with E-state index in [2.05, 4.69) is 6.58 Å². The minimum Gasteiger partial charge on any atom is -0.479 e. The molecule has 0 aromatic heterocycles. The van der Waals surface area contributed by atoms with Crippen LogP contribution in [0.5, 0.6) is 0 Å². The first-order valence-corrected chi connectivity index (χ1v) is 6.00. The Morgan fingerprint density at radius 2 is 1.89 bits per heavy atom. The monoisotopic (exact) mass is 257 g/mol. The summed E-state index contributed by atoms with van der Waals surface area (Å²) in [5.41, 5.74) is 2.96. The van der Waals surface area contributed by atoms with E-state index in [1.54, 1.807) is 26.8 Å². The molecule has 0 saturated carbocycles. The van der Waals surface area contributed by atoms with Crippen LogP contribution in [0.25, 0.3) is 0 Å². The fourth-order valence-electron chi connectivity index (χ4n) is 1.36. The van der Waals surface area contributed by atoms with E-state index in [1.807, 2.05) is 0 Å². The molecule has 0 aromatic rings. The van der Waals surface area contributed by atoms with E-state index in [0.717, 1.165) is 12.8 Å². The molecule has 1 unspecified atom stereocenters. The highest BCUT2D eigenvalue weighted by atomic mass is 16.6. The molecule has 0 aliphatic heterocycles. The Morgan fingerprint density at radius 3 is 2.28 bits per heavy atom. The average Bonchev–Trinajstić information content (AvgIpc) is 2.21. The quantitative estimate of drug-likeness (QED) is 0.314. The largest absolute Gasteiger partial charge is 0.479 e. The van der Waals surface area contributed by atoms with Gasteiger partial charge < -0.3 is 15.6 Å². The zero-order valence-corrected chi connectivity index (χ0v) is 11.4. The van der Waals surface area contributed by atoms with E-state index in [1.165, 1.54) is 0 Å². The molecule has 0 bridgehead atoms. The van der Waals surface area contributed by atoms with Gasteiger partial charge in [0.15, 0.2) is 0 Å². The molecule has 0 heterocycles. The number of carbonyl (C=O) groups excluding carboxylic acids is 1. The van der Waals surface area contributed by atoms with Crippen molar-refractivity contribution >= 4 is 11.9 Å². The lowest BCUT2D eigenvalue weighted by Gasteiger charge is -2.28. The molecule has 0 spiro atoms. The van der Waals surface area contributed by atoms with Crippen molar-refractivity contribution in [3.8, 4) is 0 Å². The second-order valence-electron chi connectivity index (χ2n) is 5.31. The number of nitrogens with two attached hydrogens (primary N) is 1. The third-order valence-corrected chi connectivity index (χ3v) is 2.37. The molecule has 0 amide bonds. The summed E-state index contributed by atoms with van der Waals surface area (Å²) in [5, 5.41) is 9.11. The molecule has 0 aliphatic carbocycles. The first-order valence-electron chi connectivity index (χ1n) is 6.00. The minimum atomic E-state index is -1.96. The highest BCUT2D eigenvalue weighted by Gasteiger charge is 2.44. The number of carboxylic acid groups (broad SMARTS) is 1. The topological polar surface area (TPSA) is 89.6 Å². The van der Waals surface area contributed by atoms with Crippen molar-refractivity contribution in [2.75, 3.05) is 0 Å². The summed E-state index contributed by atoms with van der Waals surface area (Å²) < 4.78 is 5.06. The molecule has 3 N–H and O–H groups in total. The molecule has 0 aliphatic rings. The van der Waals surface area contributed by atoms with E-state index < -0.39 is 23.1 Å². The van der Waals surface area contributed by atoms with E-state index in [-0.39, 0.29) is 6.42 Å². The number of hydrogen-bond acceptors (Lipinski definition) is 4. The molecular formula is C13H23NO4. The van der Waals surface area contributed by atoms with Crippen molar-refractivity contribution in [1.82, 2.24) is 0 Å². The van der Waals surface area contributed by atoms with E-state index in [0.29, 0.717) is 6.42 Å². The first-order chi connectivity index (χ1) is 8.13. The first kappa shape index (κ1) is 16.6. The zero-order valence-electron chi connectivity index (χ0n) is 11.4. The number of esters is 1. The van der Waals surface area contributed by atoms with Crippen LogP contribution in [0.2, 0.25) is 0 Å². The number of hydrogen-bond donors (Lipinski definition) is 2. The number of ether oxygens (including phenoxy) is 1. The number of unbranched alkanes of at least 4 members (excludes halogenated alkanes) is 2. The van der Waals surface area contributed by atoms with E-state index in [9.17, 15) is 9.59 Å². The maximum Gasteiger partial charge on any atom is 0.338 e. The highest BCUT2D eigenvalue weighted by Crippen LogP contribution is 2.19. The Labute approximate surface area is 108 Å². The van der Waals surface area contributed by atoms with Crippen LogP contribution in [0.3, 0.4) is 0 Å². The molecule has 1 atom stereocenters. The smallest absolute Gasteiger partial charge is 0.338 e. The normalized spacial score (nSPS) is 14.7. The predicted octanol–water partition coefficient (Wildman–Crippen LogP) is 1.86. The summed E-state index contributed by atoms with van der Waals surface area (Å²) >= 11 is 0. The standard InChI is InChI=1S/C13H23NO4/c1-5-6-7-8-9-13(14,10(15)16)11(17)18-12(2,3)4/h5H,1,6-9,14H2,2-4H3,(H,15,16). The van der Waals surface area contributed by atoms with Gasteiger partial charge in [0, 0.05) is 0 Å². The molecule has 104 valence electrons. The van der Waals surface area contributed by atoms with Gasteiger partial charge in [-0.05, 0) is 40.0 Å². The van der Waals surface area contributed by atoms with Crippen LogP contribution in [-0.2, 0) is 14.3 Å². The highest BCUT2D eigenvalue weighted by molar-refractivity contribution is 6.03. The number of rotatable bonds is 7. The molecule has 0 aromatic carbocycles. The van der Waals surface area contributed by atoms with Crippen molar-refractivity contribution in [2.45, 2.75) is 57.6 Å². The Morgan fingerprint density at radius 1 is 1.33 bits per heavy atom. The lowest BCUT2D eigenvalue weighted by molar-refractivity contribution is -0.169. The van der Waals surface area contributed by atoms with Crippen LogP contribution in [0.4, 0.5) is 0 Å². The van der Waals surface area contributed by atoms with Gasteiger partial charge in [0.2, 0.25) is 5.54 Å². The van der Waals surface area contributed by atoms with Gasteiger partial charge >= 0.3 is 11.9 Å². The molecule has 0 fully saturated rings. The van der Waals surface area contributed by atoms with Crippen molar-refractivity contribution in [1.29, 1.82) is 0 Å². The Hall–Kier alpha value is -1.36. The Bertz CT molecular complexity index is 319. The lowest BCUT2D eigenvalue weighted by Crippen LogP contribution is -2.57. The van der Waals surface area contributed by atoms with E-state index in [4.69, 9.17) is 15.6 Å². The maximum absolute atomic E-state index is 11.8. The van der Waals surface area contributed by atoms with Crippen LogP contribution in [0, 0.1) is 0 Å². The van der Waals surface area contributed by atoms with Gasteiger partial charge in [-0.25, -0.2) is 9.59 Å². The van der Waals surface area contributed by atoms with Crippen LogP contribution in [0.15, 0.2) is 12.7 Å². The number of carboxylic acids is 1. The van der Waals surface area contributed by atoms with Gasteiger partial charge in [-0.15, -0.1) is 6.58 Å². The zero-order chi connectivity index (χ0) is 14.4. The van der Waals surface area contributed by atoms with E-state index >= 15 is 0 Å². The third kappa shape index (κ3) is 5.31. The number of aliphatic carboxylic acids is 1. The summed E-state index contributed by atoms with van der Waals surface area (Å²) in [6.45, 7) is 8.59. The minimum absolute atomic E-state index is 0.0606. The fourth-order valence-corrected chi connectivity index (χ4v) is 1.36. The second-order valence-corrected chi connectivity index (χ2v) is 5.31. The van der Waals surface area contributed by atoms with Crippen molar-refractivity contribution in [3.63, 3.8) is 0 Å².